The van der Waals surface area contributed by atoms with Gasteiger partial charge in [0.2, 0.25) is 0 Å². The summed E-state index contributed by atoms with van der Waals surface area (Å²) in [5, 5.41) is 3.18. The summed E-state index contributed by atoms with van der Waals surface area (Å²) in [6.45, 7) is 2.03. The Bertz CT molecular complexity index is 589. The Kier molecular flexibility index (Phi) is 7.01. The van der Waals surface area contributed by atoms with Gasteiger partial charge >= 0.3 is 6.09 Å². The van der Waals surface area contributed by atoms with Gasteiger partial charge in [-0.2, -0.15) is 11.8 Å². The highest BCUT2D eigenvalue weighted by Crippen LogP contribution is 2.24. The maximum Gasteiger partial charge on any atom is 0.407 e. The third kappa shape index (κ3) is 5.99. The topological polar surface area (TPSA) is 38.3 Å². The van der Waals surface area contributed by atoms with Crippen LogP contribution in [0.25, 0.3) is 0 Å². The number of carbonyl (C=O) groups is 1. The van der Waals surface area contributed by atoms with Crippen LogP contribution < -0.4 is 5.32 Å². The largest absolute Gasteiger partial charge is 0.453 e. The number of amides is 1. The van der Waals surface area contributed by atoms with E-state index in [4.69, 9.17) is 4.74 Å². The lowest BCUT2D eigenvalue weighted by Crippen LogP contribution is -2.40. The normalized spacial score (nSPS) is 13.1. The fraction of sp³-hybridized carbons (Fsp3) is 0.316. The molecule has 1 N–H and O–H groups in total. The van der Waals surface area contributed by atoms with Crippen molar-refractivity contribution in [3.8, 4) is 0 Å². The molecule has 2 aromatic rings. The van der Waals surface area contributed by atoms with E-state index in [1.165, 1.54) is 18.2 Å². The molecular formula is C19H23NO2S. The quantitative estimate of drug-likeness (QED) is 0.824. The van der Waals surface area contributed by atoms with E-state index in [-0.39, 0.29) is 17.4 Å². The van der Waals surface area contributed by atoms with Crippen molar-refractivity contribution >= 4 is 17.9 Å². The molecule has 0 fully saturated rings. The number of nitrogens with one attached hydrogen (secondary N) is 1. The summed E-state index contributed by atoms with van der Waals surface area (Å²) in [5.41, 5.74) is 2.57. The van der Waals surface area contributed by atoms with Crippen LogP contribution in [-0.4, -0.2) is 24.5 Å². The van der Waals surface area contributed by atoms with Crippen LogP contribution in [0.15, 0.2) is 60.7 Å². The summed E-state index contributed by atoms with van der Waals surface area (Å²) >= 11 is 1.86. The van der Waals surface area contributed by atoms with Gasteiger partial charge in [0, 0.05) is 17.0 Å². The average molecular weight is 329 g/mol. The molecular weight excluding hydrogens is 306 g/mol. The molecule has 0 aromatic heterocycles. The van der Waals surface area contributed by atoms with Gasteiger partial charge in [0.1, 0.15) is 0 Å². The van der Waals surface area contributed by atoms with E-state index in [9.17, 15) is 4.79 Å². The summed E-state index contributed by atoms with van der Waals surface area (Å²) < 4.78 is 4.72. The third-order valence-corrected chi connectivity index (χ3v) is 5.18. The Balaban J connectivity index is 2.02. The molecule has 0 aliphatic rings. The lowest BCUT2D eigenvalue weighted by atomic mass is 10.1. The molecule has 0 radical (unpaired) electrons. The number of alkyl carbamates (subject to hydrolysis) is 1. The maximum atomic E-state index is 11.5. The fourth-order valence-electron chi connectivity index (χ4n) is 2.34. The monoisotopic (exact) mass is 329 g/mol. The van der Waals surface area contributed by atoms with E-state index in [1.54, 1.807) is 0 Å². The van der Waals surface area contributed by atoms with Crippen LogP contribution in [0.3, 0.4) is 0 Å². The molecule has 1 amide bonds. The lowest BCUT2D eigenvalue weighted by Gasteiger charge is -2.24. The summed E-state index contributed by atoms with van der Waals surface area (Å²) in [5.74, 6) is 0.922. The molecule has 2 atom stereocenters. The Morgan fingerprint density at radius 1 is 1.04 bits per heavy atom. The molecule has 23 heavy (non-hydrogen) atoms. The van der Waals surface area contributed by atoms with Crippen LogP contribution in [0.1, 0.15) is 18.1 Å². The van der Waals surface area contributed by atoms with Crippen LogP contribution in [-0.2, 0) is 16.9 Å². The molecule has 0 unspecified atom stereocenters. The number of hydrogen-bond donors (Lipinski definition) is 1. The van der Waals surface area contributed by atoms with Crippen molar-refractivity contribution in [3.05, 3.63) is 71.8 Å². The highest BCUT2D eigenvalue weighted by atomic mass is 32.2. The van der Waals surface area contributed by atoms with E-state index in [1.807, 2.05) is 43.0 Å². The van der Waals surface area contributed by atoms with E-state index in [0.717, 1.165) is 12.2 Å². The van der Waals surface area contributed by atoms with Crippen molar-refractivity contribution in [3.63, 3.8) is 0 Å². The Labute approximate surface area is 142 Å². The Morgan fingerprint density at radius 3 is 2.17 bits per heavy atom. The van der Waals surface area contributed by atoms with Gasteiger partial charge in [-0.3, -0.25) is 0 Å². The van der Waals surface area contributed by atoms with Crippen molar-refractivity contribution in [1.82, 2.24) is 5.32 Å². The van der Waals surface area contributed by atoms with Gasteiger partial charge in [0.05, 0.1) is 7.11 Å². The van der Waals surface area contributed by atoms with Crippen molar-refractivity contribution in [1.29, 1.82) is 0 Å². The Hall–Kier alpha value is -1.94. The molecule has 0 heterocycles. The standard InChI is InChI=1S/C19H23NO2S/c1-15(20-19(21)22-2)18(13-16-9-5-3-6-10-16)23-14-17-11-7-4-8-12-17/h3-12,15,18H,13-14H2,1-2H3,(H,20,21)/t15-,18+/m1/s1. The molecule has 0 saturated carbocycles. The first-order valence-corrected chi connectivity index (χ1v) is 8.78. The summed E-state index contributed by atoms with van der Waals surface area (Å²) in [4.78, 5) is 11.5. The number of thioether (sulfide) groups is 1. The average Bonchev–Trinajstić information content (AvgIpc) is 2.60. The molecule has 4 heteroatoms. The highest BCUT2D eigenvalue weighted by Gasteiger charge is 2.20. The lowest BCUT2D eigenvalue weighted by molar-refractivity contribution is 0.167. The summed E-state index contributed by atoms with van der Waals surface area (Å²) in [7, 11) is 1.39. The number of benzene rings is 2. The van der Waals surface area contributed by atoms with Crippen molar-refractivity contribution in [2.24, 2.45) is 0 Å². The zero-order chi connectivity index (χ0) is 16.5. The van der Waals surface area contributed by atoms with Gasteiger partial charge in [-0.15, -0.1) is 0 Å². The van der Waals surface area contributed by atoms with Gasteiger partial charge in [0.15, 0.2) is 0 Å². The van der Waals surface area contributed by atoms with E-state index < -0.39 is 0 Å². The second kappa shape index (κ2) is 9.26. The third-order valence-electron chi connectivity index (χ3n) is 3.68. The molecule has 3 nitrogen and oxygen atoms in total. The number of methoxy groups -OCH3 is 1. The van der Waals surface area contributed by atoms with E-state index in [2.05, 4.69) is 41.7 Å². The first kappa shape index (κ1) is 17.4. The van der Waals surface area contributed by atoms with Gasteiger partial charge in [-0.25, -0.2) is 4.79 Å². The van der Waals surface area contributed by atoms with Crippen LogP contribution >= 0.6 is 11.8 Å². The first-order valence-electron chi connectivity index (χ1n) is 7.73. The van der Waals surface area contributed by atoms with Crippen LogP contribution in [0.4, 0.5) is 4.79 Å². The van der Waals surface area contributed by atoms with Gasteiger partial charge in [0.25, 0.3) is 0 Å². The second-order valence-electron chi connectivity index (χ2n) is 5.45. The first-order chi connectivity index (χ1) is 11.2. The minimum absolute atomic E-state index is 0.0244. The molecule has 2 rings (SSSR count). The molecule has 0 aliphatic heterocycles. The molecule has 2 aromatic carbocycles. The van der Waals surface area contributed by atoms with E-state index in [0.29, 0.717) is 0 Å². The predicted molar refractivity (Wildman–Crippen MR) is 96.7 cm³/mol. The minimum atomic E-state index is -0.379. The van der Waals surface area contributed by atoms with Crippen LogP contribution in [0.5, 0.6) is 0 Å². The SMILES string of the molecule is COC(=O)N[C@H](C)[C@H](Cc1ccccc1)SCc1ccccc1. The number of hydrogen-bond acceptors (Lipinski definition) is 3. The highest BCUT2D eigenvalue weighted by molar-refractivity contribution is 7.99. The second-order valence-corrected chi connectivity index (χ2v) is 6.68. The van der Waals surface area contributed by atoms with Crippen molar-refractivity contribution in [2.75, 3.05) is 7.11 Å². The van der Waals surface area contributed by atoms with E-state index >= 15 is 0 Å². The van der Waals surface area contributed by atoms with Crippen molar-refractivity contribution < 1.29 is 9.53 Å². The fourth-order valence-corrected chi connectivity index (χ4v) is 3.61. The minimum Gasteiger partial charge on any atom is -0.453 e. The molecule has 0 aliphatic carbocycles. The number of carbonyl (C=O) groups excluding carboxylic acids is 1. The van der Waals surface area contributed by atoms with Crippen molar-refractivity contribution in [2.45, 2.75) is 30.4 Å². The maximum absolute atomic E-state index is 11.5. The van der Waals surface area contributed by atoms with Gasteiger partial charge in [-0.1, -0.05) is 60.7 Å². The zero-order valence-electron chi connectivity index (χ0n) is 13.6. The number of rotatable bonds is 7. The molecule has 0 spiro atoms. The van der Waals surface area contributed by atoms with Gasteiger partial charge < -0.3 is 10.1 Å². The Morgan fingerprint density at radius 2 is 1.61 bits per heavy atom. The number of ether oxygens (including phenoxy) is 1. The predicted octanol–water partition coefficient (Wildman–Crippen LogP) is 4.28. The smallest absolute Gasteiger partial charge is 0.407 e. The molecule has 122 valence electrons. The van der Waals surface area contributed by atoms with Gasteiger partial charge in [-0.05, 0) is 24.5 Å². The summed E-state index contributed by atoms with van der Waals surface area (Å²) in [6.07, 6.45) is 0.527. The zero-order valence-corrected chi connectivity index (χ0v) is 14.4. The molecule has 0 saturated heterocycles. The van der Waals surface area contributed by atoms with Crippen LogP contribution in [0, 0.1) is 0 Å². The molecule has 0 bridgehead atoms. The summed E-state index contributed by atoms with van der Waals surface area (Å²) in [6, 6.07) is 20.8. The van der Waals surface area contributed by atoms with Crippen LogP contribution in [0.2, 0.25) is 0 Å².